The Labute approximate surface area is 245 Å². The smallest absolute Gasteiger partial charge is 0.254 e. The number of ether oxygens (including phenoxy) is 1. The number of likely N-dealkylation sites (tertiary alicyclic amines) is 1. The van der Waals surface area contributed by atoms with Crippen molar-refractivity contribution < 1.29 is 17.9 Å². The highest BCUT2D eigenvalue weighted by Gasteiger charge is 2.39. The molecular formula is C30H37N7O4S. The van der Waals surface area contributed by atoms with E-state index < -0.39 is 10.0 Å². The summed E-state index contributed by atoms with van der Waals surface area (Å²) in [5, 5.41) is 0.607. The van der Waals surface area contributed by atoms with Crippen LogP contribution in [0.5, 0.6) is 5.75 Å². The second kappa shape index (κ2) is 9.98. The minimum Gasteiger partial charge on any atom is -0.494 e. The Morgan fingerprint density at radius 2 is 1.90 bits per heavy atom. The molecule has 4 heterocycles. The summed E-state index contributed by atoms with van der Waals surface area (Å²) < 4.78 is 37.2. The number of benzene rings is 1. The summed E-state index contributed by atoms with van der Waals surface area (Å²) >= 11 is 0. The average Bonchev–Trinajstić information content (AvgIpc) is 3.92. The van der Waals surface area contributed by atoms with Gasteiger partial charge in [-0.25, -0.2) is 18.4 Å². The molecule has 12 heteroatoms. The number of aryl methyl sites for hydroxylation is 1. The second-order valence-corrected chi connectivity index (χ2v) is 14.3. The molecule has 42 heavy (non-hydrogen) atoms. The number of aromatic nitrogens is 4. The van der Waals surface area contributed by atoms with Crippen molar-refractivity contribution in [1.82, 2.24) is 24.0 Å². The van der Waals surface area contributed by atoms with Crippen LogP contribution in [0.25, 0.3) is 33.6 Å². The topological polar surface area (TPSA) is 129 Å². The molecule has 1 saturated heterocycles. The Hall–Kier alpha value is -3.64. The predicted molar refractivity (Wildman–Crippen MR) is 162 cm³/mol. The quantitative estimate of drug-likeness (QED) is 0.332. The largest absolute Gasteiger partial charge is 0.494 e. The van der Waals surface area contributed by atoms with E-state index in [4.69, 9.17) is 20.4 Å². The van der Waals surface area contributed by atoms with Crippen LogP contribution >= 0.6 is 0 Å². The van der Waals surface area contributed by atoms with Gasteiger partial charge in [0.2, 0.25) is 10.0 Å². The molecule has 0 unspecified atom stereocenters. The normalized spacial score (nSPS) is 19.5. The Morgan fingerprint density at radius 1 is 1.12 bits per heavy atom. The third kappa shape index (κ3) is 4.60. The summed E-state index contributed by atoms with van der Waals surface area (Å²) in [5.41, 5.74) is 9.78. The molecule has 7 rings (SSSR count). The molecule has 3 aromatic heterocycles. The van der Waals surface area contributed by atoms with Crippen LogP contribution in [0.4, 0.5) is 5.82 Å². The fraction of sp³-hybridized carbons (Fsp3) is 0.500. The summed E-state index contributed by atoms with van der Waals surface area (Å²) in [6.07, 6.45) is 5.52. The third-order valence-electron chi connectivity index (χ3n) is 8.89. The van der Waals surface area contributed by atoms with Crippen LogP contribution in [0.1, 0.15) is 48.9 Å². The van der Waals surface area contributed by atoms with Gasteiger partial charge < -0.3 is 24.5 Å². The molecule has 1 amide bonds. The highest BCUT2D eigenvalue weighted by Crippen LogP contribution is 2.39. The monoisotopic (exact) mass is 591 g/mol. The van der Waals surface area contributed by atoms with Crippen LogP contribution in [0.2, 0.25) is 0 Å². The lowest BCUT2D eigenvalue weighted by molar-refractivity contribution is 0.0708. The van der Waals surface area contributed by atoms with Crippen LogP contribution in [0, 0.1) is 5.92 Å². The zero-order chi connectivity index (χ0) is 29.3. The molecule has 4 aromatic rings. The van der Waals surface area contributed by atoms with Gasteiger partial charge in [-0.1, -0.05) is 0 Å². The van der Waals surface area contributed by atoms with E-state index in [9.17, 15) is 13.2 Å². The number of carbonyl (C=O) groups is 1. The zero-order valence-corrected chi connectivity index (χ0v) is 25.1. The van der Waals surface area contributed by atoms with Crippen LogP contribution in [-0.2, 0) is 23.6 Å². The van der Waals surface area contributed by atoms with E-state index in [1.165, 1.54) is 4.31 Å². The number of nitrogens with zero attached hydrogens (tertiary/aromatic N) is 6. The maximum Gasteiger partial charge on any atom is 0.254 e. The van der Waals surface area contributed by atoms with Gasteiger partial charge in [0.1, 0.15) is 22.7 Å². The van der Waals surface area contributed by atoms with Gasteiger partial charge in [0, 0.05) is 50.7 Å². The predicted octanol–water partition coefficient (Wildman–Crippen LogP) is 3.50. The SMILES string of the molecule is COc1cc(C(=O)N2CCC[C@@H](N)C2)cc2nc(-c3cc4ccc(N(C)S(=O)(=O)C5CC5)nc4n3CC3CC3)n(C)c12. The van der Waals surface area contributed by atoms with E-state index >= 15 is 0 Å². The van der Waals surface area contributed by atoms with Crippen LogP contribution in [-0.4, -0.2) is 76.9 Å². The molecule has 2 aliphatic carbocycles. The molecule has 11 nitrogen and oxygen atoms in total. The minimum atomic E-state index is -3.42. The second-order valence-electron chi connectivity index (χ2n) is 12.1. The molecule has 0 radical (unpaired) electrons. The van der Waals surface area contributed by atoms with Crippen molar-refractivity contribution in [3.05, 3.63) is 35.9 Å². The van der Waals surface area contributed by atoms with E-state index in [0.29, 0.717) is 54.5 Å². The van der Waals surface area contributed by atoms with Gasteiger partial charge in [-0.15, -0.1) is 0 Å². The van der Waals surface area contributed by atoms with Gasteiger partial charge in [-0.05, 0) is 74.8 Å². The number of sulfonamides is 1. The van der Waals surface area contributed by atoms with Gasteiger partial charge in [0.05, 0.1) is 23.6 Å². The number of carbonyl (C=O) groups excluding carboxylic acids is 1. The van der Waals surface area contributed by atoms with E-state index in [-0.39, 0.29) is 17.2 Å². The summed E-state index contributed by atoms with van der Waals surface area (Å²) in [6, 6.07) is 9.40. The standard InChI is InChI=1S/C30H37N7O4S/c1-34-27-23(13-20(15-25(27)41-3)30(38)36-12-4-5-21(31)17-36)32-29(34)24-14-19-8-11-26(35(2)42(39,40)22-9-10-22)33-28(19)37(24)16-18-6-7-18/h8,11,13-15,18,21-22H,4-7,9-10,12,16-17,31H2,1-3H3/t21-/m1/s1. The first kappa shape index (κ1) is 27.2. The Bertz CT molecular complexity index is 1820. The van der Waals surface area contributed by atoms with E-state index in [2.05, 4.69) is 10.6 Å². The lowest BCUT2D eigenvalue weighted by Gasteiger charge is -2.30. The maximum atomic E-state index is 13.4. The first-order valence-electron chi connectivity index (χ1n) is 14.7. The van der Waals surface area contributed by atoms with Crippen molar-refractivity contribution in [3.8, 4) is 17.3 Å². The number of amides is 1. The average molecular weight is 592 g/mol. The third-order valence-corrected chi connectivity index (χ3v) is 11.2. The zero-order valence-electron chi connectivity index (χ0n) is 24.3. The molecule has 2 N–H and O–H groups in total. The number of rotatable bonds is 8. The van der Waals surface area contributed by atoms with Crippen molar-refractivity contribution in [3.63, 3.8) is 0 Å². The summed E-state index contributed by atoms with van der Waals surface area (Å²) in [7, 11) is 1.73. The Morgan fingerprint density at radius 3 is 2.60 bits per heavy atom. The Balaban J connectivity index is 1.33. The van der Waals surface area contributed by atoms with Crippen LogP contribution in [0.15, 0.2) is 30.3 Å². The summed E-state index contributed by atoms with van der Waals surface area (Å²) in [4.78, 5) is 25.2. The molecule has 1 aromatic carbocycles. The molecular weight excluding hydrogens is 554 g/mol. The van der Waals surface area contributed by atoms with E-state index in [1.54, 1.807) is 26.3 Å². The number of hydrogen-bond donors (Lipinski definition) is 1. The minimum absolute atomic E-state index is 0.00843. The number of hydrogen-bond acceptors (Lipinski definition) is 7. The number of nitrogens with two attached hydrogens (primary N) is 1. The number of imidazole rings is 1. The highest BCUT2D eigenvalue weighted by molar-refractivity contribution is 7.93. The van der Waals surface area contributed by atoms with Gasteiger partial charge >= 0.3 is 0 Å². The number of piperidine rings is 1. The van der Waals surface area contributed by atoms with Crippen molar-refractivity contribution in [2.45, 2.75) is 56.4 Å². The van der Waals surface area contributed by atoms with Crippen molar-refractivity contribution in [2.24, 2.45) is 18.7 Å². The molecule has 2 saturated carbocycles. The molecule has 222 valence electrons. The first-order valence-corrected chi connectivity index (χ1v) is 16.2. The summed E-state index contributed by atoms with van der Waals surface area (Å²) in [6.45, 7) is 2.00. The van der Waals surface area contributed by atoms with Crippen LogP contribution < -0.4 is 14.8 Å². The maximum absolute atomic E-state index is 13.4. The van der Waals surface area contributed by atoms with E-state index in [1.807, 2.05) is 28.6 Å². The number of pyridine rings is 1. The highest BCUT2D eigenvalue weighted by atomic mass is 32.2. The van der Waals surface area contributed by atoms with Gasteiger partial charge in [0.15, 0.2) is 5.82 Å². The molecule has 0 spiro atoms. The van der Waals surface area contributed by atoms with Crippen molar-refractivity contribution >= 4 is 43.8 Å². The first-order chi connectivity index (χ1) is 20.2. The molecule has 1 atom stereocenters. The molecule has 3 fully saturated rings. The lowest BCUT2D eigenvalue weighted by Crippen LogP contribution is -2.45. The summed E-state index contributed by atoms with van der Waals surface area (Å²) in [5.74, 6) is 2.20. The fourth-order valence-corrected chi connectivity index (χ4v) is 7.68. The number of anilines is 1. The van der Waals surface area contributed by atoms with Gasteiger partial charge in [-0.3, -0.25) is 9.10 Å². The van der Waals surface area contributed by atoms with Gasteiger partial charge in [0.25, 0.3) is 5.91 Å². The fourth-order valence-electron chi connectivity index (χ4n) is 6.14. The lowest BCUT2D eigenvalue weighted by atomic mass is 10.0. The number of methoxy groups -OCH3 is 1. The molecule has 3 aliphatic rings. The molecule has 0 bridgehead atoms. The number of fused-ring (bicyclic) bond motifs is 2. The van der Waals surface area contributed by atoms with E-state index in [0.717, 1.165) is 60.3 Å². The van der Waals surface area contributed by atoms with Gasteiger partial charge in [-0.2, -0.15) is 0 Å². The Kier molecular flexibility index (Phi) is 6.46. The van der Waals surface area contributed by atoms with Crippen molar-refractivity contribution in [2.75, 3.05) is 31.6 Å². The van der Waals surface area contributed by atoms with Crippen LogP contribution in [0.3, 0.4) is 0 Å². The molecule has 1 aliphatic heterocycles. The van der Waals surface area contributed by atoms with Crippen molar-refractivity contribution in [1.29, 1.82) is 0 Å².